The van der Waals surface area contributed by atoms with Gasteiger partial charge in [-0.1, -0.05) is 0 Å². The highest BCUT2D eigenvalue weighted by atomic mass is 32.2. The van der Waals surface area contributed by atoms with Gasteiger partial charge < -0.3 is 10.4 Å². The van der Waals surface area contributed by atoms with Crippen molar-refractivity contribution in [2.45, 2.75) is 25.3 Å². The summed E-state index contributed by atoms with van der Waals surface area (Å²) in [5.74, 6) is -4.00. The molecule has 18 heteroatoms. The summed E-state index contributed by atoms with van der Waals surface area (Å²) in [6, 6.07) is 11.2. The number of imide groups is 1. The van der Waals surface area contributed by atoms with Crippen LogP contribution in [0, 0.1) is 5.82 Å². The number of hydrogen-bond acceptors (Lipinski definition) is 9. The summed E-state index contributed by atoms with van der Waals surface area (Å²) in [7, 11) is -2.78. The molecular weight excluding hydrogens is 651 g/mol. The Morgan fingerprint density at radius 3 is 2.58 bits per heavy atom. The molecule has 4 amide bonds. The topological polar surface area (TPSA) is 207 Å². The number of aryl methyl sites for hydroxylation is 1. The largest absolute Gasteiger partial charge is 0.506 e. The van der Waals surface area contributed by atoms with Gasteiger partial charge in [0, 0.05) is 30.7 Å². The van der Waals surface area contributed by atoms with E-state index in [1.165, 1.54) is 32.0 Å². The number of phenolic OH excluding ortho intramolecular Hbond substituents is 1. The molecule has 0 aliphatic carbocycles. The van der Waals surface area contributed by atoms with E-state index in [1.807, 2.05) is 0 Å². The molecule has 0 spiro atoms. The number of benzene rings is 3. The minimum atomic E-state index is -4.36. The number of imidazole rings is 1. The van der Waals surface area contributed by atoms with Crippen LogP contribution in [-0.2, 0) is 42.9 Å². The Hall–Kier alpha value is -6.04. The van der Waals surface area contributed by atoms with E-state index in [2.05, 4.69) is 15.7 Å². The van der Waals surface area contributed by atoms with E-state index in [0.29, 0.717) is 26.7 Å². The van der Waals surface area contributed by atoms with Crippen LogP contribution in [0.5, 0.6) is 5.75 Å². The van der Waals surface area contributed by atoms with Gasteiger partial charge in [0.2, 0.25) is 17.7 Å². The predicted octanol–water partition coefficient (Wildman–Crippen LogP) is 0.863. The molecule has 2 fully saturated rings. The molecule has 1 unspecified atom stereocenters. The van der Waals surface area contributed by atoms with Gasteiger partial charge in [-0.3, -0.25) is 33.6 Å². The van der Waals surface area contributed by atoms with Crippen molar-refractivity contribution in [1.29, 1.82) is 0 Å². The zero-order valence-corrected chi connectivity index (χ0v) is 25.7. The Labute approximate surface area is 269 Å². The molecule has 4 N–H and O–H groups in total. The third kappa shape index (κ3) is 5.11. The third-order valence-electron chi connectivity index (χ3n) is 8.23. The van der Waals surface area contributed by atoms with E-state index in [4.69, 9.17) is 0 Å². The Bertz CT molecular complexity index is 2410. The smallest absolute Gasteiger partial charge is 0.329 e. The quantitative estimate of drug-likeness (QED) is 0.188. The first-order chi connectivity index (χ1) is 22.8. The number of nitrogens with zero attached hydrogens (tertiary/aromatic N) is 5. The molecule has 2 aromatic heterocycles. The summed E-state index contributed by atoms with van der Waals surface area (Å²) in [6.45, 7) is -0.686. The number of nitrogens with one attached hydrogen (secondary N) is 3. The predicted molar refractivity (Wildman–Crippen MR) is 168 cm³/mol. The maximum absolute atomic E-state index is 15.4. The fourth-order valence-corrected chi connectivity index (χ4v) is 7.16. The van der Waals surface area contributed by atoms with Gasteiger partial charge in [-0.25, -0.2) is 22.9 Å². The first-order valence-corrected chi connectivity index (χ1v) is 15.9. The number of hydrogen-bond donors (Lipinski definition) is 4. The minimum Gasteiger partial charge on any atom is -0.506 e. The number of halogens is 1. The van der Waals surface area contributed by atoms with Crippen LogP contribution in [0.4, 0.5) is 15.8 Å². The van der Waals surface area contributed by atoms with E-state index in [9.17, 15) is 37.5 Å². The summed E-state index contributed by atoms with van der Waals surface area (Å²) in [6.07, 6.45) is 1.84. The van der Waals surface area contributed by atoms with Gasteiger partial charge in [0.1, 0.15) is 24.0 Å². The molecule has 246 valence electrons. The van der Waals surface area contributed by atoms with Crippen LogP contribution < -0.4 is 25.4 Å². The first kappa shape index (κ1) is 30.6. The molecule has 1 atom stereocenters. The summed E-state index contributed by atoms with van der Waals surface area (Å²) in [5, 5.41) is 20.0. The molecule has 0 radical (unpaired) electrons. The number of piperidine rings is 1. The first-order valence-electron chi connectivity index (χ1n) is 14.5. The normalized spacial score (nSPS) is 17.6. The van der Waals surface area contributed by atoms with Gasteiger partial charge in [0.05, 0.1) is 28.8 Å². The number of phenols is 1. The average Bonchev–Trinajstić information content (AvgIpc) is 3.66. The van der Waals surface area contributed by atoms with Crippen molar-refractivity contribution in [3.05, 3.63) is 76.7 Å². The van der Waals surface area contributed by atoms with Crippen LogP contribution >= 0.6 is 0 Å². The van der Waals surface area contributed by atoms with Crippen molar-refractivity contribution < 1.29 is 37.1 Å². The molecule has 2 saturated heterocycles. The third-order valence-corrected chi connectivity index (χ3v) is 9.61. The van der Waals surface area contributed by atoms with E-state index >= 15 is 4.39 Å². The number of rotatable bonds is 6. The standard InChI is InChI=1S/C30H25FN8O8S/c1-36-22-13-18(3-5-20(22)39(30(36)45)21-6-7-24(41)33-29(21)44)37-9-8-17(34-37)12-25(42)32-16-2-4-19-15(10-16)11-23(40)28(27(19)31)38-14-26(43)35-48(38,46)47/h2-5,8-11,13,21,40H,6-7,12,14H2,1H3,(H,32,42)(H,35,43)(H,33,41,44). The monoisotopic (exact) mass is 676 g/mol. The fourth-order valence-electron chi connectivity index (χ4n) is 5.99. The Morgan fingerprint density at radius 1 is 1.06 bits per heavy atom. The maximum Gasteiger partial charge on any atom is 0.329 e. The van der Waals surface area contributed by atoms with Gasteiger partial charge in [-0.2, -0.15) is 13.5 Å². The highest BCUT2D eigenvalue weighted by Crippen LogP contribution is 2.39. The van der Waals surface area contributed by atoms with Crippen LogP contribution in [0.15, 0.2) is 59.5 Å². The van der Waals surface area contributed by atoms with Crippen molar-refractivity contribution in [3.8, 4) is 11.4 Å². The number of aromatic nitrogens is 4. The van der Waals surface area contributed by atoms with Crippen molar-refractivity contribution >= 4 is 67.0 Å². The number of carbonyl (C=O) groups excluding carboxylic acids is 4. The van der Waals surface area contributed by atoms with E-state index < -0.39 is 63.5 Å². The summed E-state index contributed by atoms with van der Waals surface area (Å²) in [4.78, 5) is 61.6. The highest BCUT2D eigenvalue weighted by molar-refractivity contribution is 7.92. The summed E-state index contributed by atoms with van der Waals surface area (Å²) in [5.41, 5.74) is 1.25. The lowest BCUT2D eigenvalue weighted by atomic mass is 10.1. The van der Waals surface area contributed by atoms with Gasteiger partial charge in [-0.05, 0) is 60.3 Å². The number of fused-ring (bicyclic) bond motifs is 2. The molecular formula is C30H25FN8O8S. The molecule has 3 aromatic carbocycles. The number of carbonyl (C=O) groups is 4. The Morgan fingerprint density at radius 2 is 1.85 bits per heavy atom. The van der Waals surface area contributed by atoms with E-state index in [-0.39, 0.29) is 41.6 Å². The molecule has 0 bridgehead atoms. The van der Waals surface area contributed by atoms with Crippen LogP contribution in [0.2, 0.25) is 0 Å². The minimum absolute atomic E-state index is 0.0454. The van der Waals surface area contributed by atoms with Gasteiger partial charge in [0.15, 0.2) is 5.82 Å². The molecule has 0 saturated carbocycles. The van der Waals surface area contributed by atoms with Crippen molar-refractivity contribution in [2.24, 2.45) is 7.05 Å². The Kier molecular flexibility index (Phi) is 7.04. The Balaban J connectivity index is 1.08. The molecule has 7 rings (SSSR count). The lowest BCUT2D eigenvalue weighted by Crippen LogP contribution is -2.44. The molecule has 48 heavy (non-hydrogen) atoms. The molecule has 16 nitrogen and oxygen atoms in total. The van der Waals surface area contributed by atoms with Gasteiger partial charge >= 0.3 is 15.9 Å². The van der Waals surface area contributed by atoms with Crippen LogP contribution in [0.25, 0.3) is 27.5 Å². The molecule has 5 aromatic rings. The number of amides is 4. The zero-order chi connectivity index (χ0) is 34.1. The number of aromatic hydroxyl groups is 1. The van der Waals surface area contributed by atoms with Crippen LogP contribution in [-0.4, -0.2) is 62.6 Å². The second-order valence-electron chi connectivity index (χ2n) is 11.4. The molecule has 2 aliphatic rings. The lowest BCUT2D eigenvalue weighted by Gasteiger charge is -2.21. The second kappa shape index (κ2) is 11.0. The summed E-state index contributed by atoms with van der Waals surface area (Å²) < 4.78 is 46.3. The van der Waals surface area contributed by atoms with Crippen LogP contribution in [0.1, 0.15) is 24.6 Å². The van der Waals surface area contributed by atoms with Crippen molar-refractivity contribution in [1.82, 2.24) is 29.0 Å². The number of anilines is 2. The fraction of sp³-hybridized carbons (Fsp3) is 0.200. The van der Waals surface area contributed by atoms with Gasteiger partial charge in [-0.15, -0.1) is 0 Å². The van der Waals surface area contributed by atoms with Crippen LogP contribution in [0.3, 0.4) is 0 Å². The second-order valence-corrected chi connectivity index (χ2v) is 13.0. The SMILES string of the molecule is Cn1c(=O)n(C2CCC(=O)NC2=O)c2ccc(-n3ccc(CC(=O)Nc4ccc5c(F)c(N6CC(=O)NS6(=O)=O)c(O)cc5c4)n3)cc21. The summed E-state index contributed by atoms with van der Waals surface area (Å²) >= 11 is 0. The zero-order valence-electron chi connectivity index (χ0n) is 24.9. The molecule has 4 heterocycles. The van der Waals surface area contributed by atoms with E-state index in [0.717, 1.165) is 6.07 Å². The highest BCUT2D eigenvalue weighted by Gasteiger charge is 2.38. The maximum atomic E-state index is 15.4. The molecule has 2 aliphatic heterocycles. The van der Waals surface area contributed by atoms with Crippen molar-refractivity contribution in [3.63, 3.8) is 0 Å². The lowest BCUT2D eigenvalue weighted by molar-refractivity contribution is -0.135. The van der Waals surface area contributed by atoms with Gasteiger partial charge in [0.25, 0.3) is 5.91 Å². The van der Waals surface area contributed by atoms with E-state index in [1.54, 1.807) is 42.2 Å². The van der Waals surface area contributed by atoms with Crippen molar-refractivity contribution in [2.75, 3.05) is 16.2 Å². The average molecular weight is 677 g/mol.